The van der Waals surface area contributed by atoms with Crippen LogP contribution in [0.5, 0.6) is 0 Å². The van der Waals surface area contributed by atoms with Crippen LogP contribution < -0.4 is 0 Å². The fourth-order valence-electron chi connectivity index (χ4n) is 1.42. The molecule has 158 valence electrons. The quantitative estimate of drug-likeness (QED) is 0.203. The zero-order chi connectivity index (χ0) is 19.9. The smallest absolute Gasteiger partial charge is 0.325 e. The largest absolute Gasteiger partial charge is 0.388 e. The van der Waals surface area contributed by atoms with Gasteiger partial charge in [-0.1, -0.05) is 0 Å². The third kappa shape index (κ3) is 22.1. The van der Waals surface area contributed by atoms with Gasteiger partial charge in [-0.3, -0.25) is 9.13 Å². The predicted molar refractivity (Wildman–Crippen MR) is 92.7 cm³/mol. The number of hydrogen-bond acceptors (Lipinski definition) is 9. The average Bonchev–Trinajstić information content (AvgIpc) is 2.51. The first-order valence-corrected chi connectivity index (χ1v) is 12.0. The fraction of sp³-hybridized carbons (Fsp3) is 1.00. The second-order valence-electron chi connectivity index (χ2n) is 5.30. The van der Waals surface area contributed by atoms with Crippen molar-refractivity contribution in [3.8, 4) is 0 Å². The van der Waals surface area contributed by atoms with Gasteiger partial charge in [-0.2, -0.15) is 0 Å². The SMILES string of the molecule is CP(=O)(O)OCCOCCOCCOCCOCC(O)COP(C)(=O)O. The zero-order valence-corrected chi connectivity index (χ0v) is 16.9. The molecular formula is C13H30O11P2. The molecule has 0 heterocycles. The number of rotatable bonds is 18. The van der Waals surface area contributed by atoms with E-state index in [1.807, 2.05) is 0 Å². The number of ether oxygens (including phenoxy) is 4. The molecule has 0 aliphatic rings. The lowest BCUT2D eigenvalue weighted by Crippen LogP contribution is -2.22. The summed E-state index contributed by atoms with van der Waals surface area (Å²) in [7, 11) is -7.03. The fourth-order valence-corrected chi connectivity index (χ4v) is 2.28. The van der Waals surface area contributed by atoms with E-state index in [2.05, 4.69) is 9.05 Å². The van der Waals surface area contributed by atoms with E-state index in [1.165, 1.54) is 0 Å². The van der Waals surface area contributed by atoms with Crippen LogP contribution in [0.25, 0.3) is 0 Å². The molecule has 0 fully saturated rings. The average molecular weight is 424 g/mol. The summed E-state index contributed by atoms with van der Waals surface area (Å²) in [6, 6.07) is 0. The second-order valence-corrected chi connectivity index (χ2v) is 9.03. The Morgan fingerprint density at radius 2 is 1.04 bits per heavy atom. The molecule has 11 nitrogen and oxygen atoms in total. The molecule has 26 heavy (non-hydrogen) atoms. The van der Waals surface area contributed by atoms with Gasteiger partial charge in [0.25, 0.3) is 0 Å². The van der Waals surface area contributed by atoms with Crippen LogP contribution in [0.2, 0.25) is 0 Å². The van der Waals surface area contributed by atoms with Gasteiger partial charge < -0.3 is 42.9 Å². The molecule has 0 radical (unpaired) electrons. The van der Waals surface area contributed by atoms with Crippen LogP contribution in [0.1, 0.15) is 0 Å². The van der Waals surface area contributed by atoms with Gasteiger partial charge in [0.05, 0.1) is 66.1 Å². The molecule has 0 aliphatic carbocycles. The topological polar surface area (TPSA) is 150 Å². The molecule has 3 atom stereocenters. The van der Waals surface area contributed by atoms with Gasteiger partial charge in [-0.05, 0) is 0 Å². The molecule has 0 saturated heterocycles. The maximum atomic E-state index is 10.9. The maximum Gasteiger partial charge on any atom is 0.325 e. The van der Waals surface area contributed by atoms with E-state index in [0.717, 1.165) is 13.3 Å². The molecule has 0 aromatic rings. The van der Waals surface area contributed by atoms with E-state index in [-0.39, 0.29) is 33.0 Å². The van der Waals surface area contributed by atoms with Crippen LogP contribution in [-0.2, 0) is 37.1 Å². The highest BCUT2D eigenvalue weighted by Gasteiger charge is 2.13. The van der Waals surface area contributed by atoms with Gasteiger partial charge in [-0.25, -0.2) is 0 Å². The summed E-state index contributed by atoms with van der Waals surface area (Å²) in [6.45, 7) is 4.13. The summed E-state index contributed by atoms with van der Waals surface area (Å²) in [4.78, 5) is 17.8. The maximum absolute atomic E-state index is 10.9. The second kappa shape index (κ2) is 15.1. The van der Waals surface area contributed by atoms with Crippen molar-refractivity contribution in [1.29, 1.82) is 0 Å². The lowest BCUT2D eigenvalue weighted by molar-refractivity contribution is -0.0257. The molecular weight excluding hydrogens is 394 g/mol. The lowest BCUT2D eigenvalue weighted by Gasteiger charge is -2.13. The molecule has 0 rings (SSSR count). The van der Waals surface area contributed by atoms with Crippen molar-refractivity contribution in [3.63, 3.8) is 0 Å². The molecule has 0 bridgehead atoms. The van der Waals surface area contributed by atoms with E-state index in [4.69, 9.17) is 28.7 Å². The van der Waals surface area contributed by atoms with Crippen LogP contribution in [0, 0.1) is 0 Å². The van der Waals surface area contributed by atoms with E-state index in [1.54, 1.807) is 0 Å². The van der Waals surface area contributed by atoms with Crippen molar-refractivity contribution in [1.82, 2.24) is 0 Å². The van der Waals surface area contributed by atoms with Gasteiger partial charge in [0.2, 0.25) is 0 Å². The summed E-state index contributed by atoms with van der Waals surface area (Å²) in [5.74, 6) is 0. The standard InChI is InChI=1S/C13H30O11P2/c1-25(15,16)23-10-9-21-6-5-19-3-4-20-7-8-22-11-13(14)12-24-26(2,17)18/h13-14H,3-12H2,1-2H3,(H,15,16)(H,17,18). The third-order valence-electron chi connectivity index (χ3n) is 2.49. The van der Waals surface area contributed by atoms with Gasteiger partial charge in [0.15, 0.2) is 0 Å². The van der Waals surface area contributed by atoms with Crippen molar-refractivity contribution in [2.45, 2.75) is 6.10 Å². The van der Waals surface area contributed by atoms with Gasteiger partial charge in [-0.15, -0.1) is 0 Å². The highest BCUT2D eigenvalue weighted by Crippen LogP contribution is 2.36. The van der Waals surface area contributed by atoms with Crippen molar-refractivity contribution >= 4 is 15.2 Å². The van der Waals surface area contributed by atoms with Crippen molar-refractivity contribution < 1.29 is 52.0 Å². The summed E-state index contributed by atoms with van der Waals surface area (Å²) >= 11 is 0. The normalized spacial score (nSPS) is 17.6. The molecule has 13 heteroatoms. The van der Waals surface area contributed by atoms with Crippen molar-refractivity contribution in [2.75, 3.05) is 79.4 Å². The third-order valence-corrected chi connectivity index (χ3v) is 3.78. The Hall–Kier alpha value is 0.1000. The molecule has 0 aromatic carbocycles. The molecule has 0 amide bonds. The summed E-state index contributed by atoms with van der Waals surface area (Å²) < 4.78 is 51.6. The Bertz CT molecular complexity index is 422. The van der Waals surface area contributed by atoms with E-state index in [0.29, 0.717) is 33.0 Å². The molecule has 3 unspecified atom stereocenters. The highest BCUT2D eigenvalue weighted by atomic mass is 31.2. The van der Waals surface area contributed by atoms with Gasteiger partial charge in [0, 0.05) is 13.3 Å². The Labute approximate surface area is 153 Å². The van der Waals surface area contributed by atoms with Crippen molar-refractivity contribution in [3.05, 3.63) is 0 Å². The first kappa shape index (κ1) is 26.1. The van der Waals surface area contributed by atoms with Crippen LogP contribution in [-0.4, -0.2) is 100 Å². The Morgan fingerprint density at radius 3 is 1.46 bits per heavy atom. The predicted octanol–water partition coefficient (Wildman–Crippen LogP) is 0.0773. The Balaban J connectivity index is 3.22. The minimum Gasteiger partial charge on any atom is -0.388 e. The monoisotopic (exact) mass is 424 g/mol. The first-order valence-electron chi connectivity index (χ1n) is 7.99. The van der Waals surface area contributed by atoms with E-state index >= 15 is 0 Å². The van der Waals surface area contributed by atoms with E-state index < -0.39 is 21.3 Å². The van der Waals surface area contributed by atoms with E-state index in [9.17, 15) is 14.2 Å². The molecule has 3 N–H and O–H groups in total. The summed E-state index contributed by atoms with van der Waals surface area (Å²) in [6.07, 6.45) is -0.981. The molecule has 0 aromatic heterocycles. The number of aliphatic hydroxyl groups is 1. The molecule has 0 saturated carbocycles. The van der Waals surface area contributed by atoms with Crippen LogP contribution in [0.15, 0.2) is 0 Å². The molecule has 0 spiro atoms. The first-order chi connectivity index (χ1) is 12.1. The van der Waals surface area contributed by atoms with Gasteiger partial charge in [0.1, 0.15) is 6.10 Å². The minimum absolute atomic E-state index is 0.0231. The number of hydrogen-bond donors (Lipinski definition) is 3. The van der Waals surface area contributed by atoms with Crippen LogP contribution in [0.4, 0.5) is 0 Å². The number of aliphatic hydroxyl groups excluding tert-OH is 1. The van der Waals surface area contributed by atoms with Crippen LogP contribution in [0.3, 0.4) is 0 Å². The van der Waals surface area contributed by atoms with Gasteiger partial charge >= 0.3 is 15.2 Å². The van der Waals surface area contributed by atoms with Crippen LogP contribution >= 0.6 is 15.2 Å². The zero-order valence-electron chi connectivity index (χ0n) is 15.2. The Kier molecular flexibility index (Phi) is 15.1. The summed E-state index contributed by atoms with van der Waals surface area (Å²) in [5, 5.41) is 9.44. The minimum atomic E-state index is -3.59. The summed E-state index contributed by atoms with van der Waals surface area (Å²) in [5.41, 5.74) is 0. The highest BCUT2D eigenvalue weighted by molar-refractivity contribution is 7.52. The lowest BCUT2D eigenvalue weighted by atomic mass is 10.4. The Morgan fingerprint density at radius 1 is 0.654 bits per heavy atom. The van der Waals surface area contributed by atoms with Crippen molar-refractivity contribution in [2.24, 2.45) is 0 Å². The molecule has 0 aliphatic heterocycles.